The summed E-state index contributed by atoms with van der Waals surface area (Å²) in [4.78, 5) is 15.9. The van der Waals surface area contributed by atoms with Crippen molar-refractivity contribution in [2.45, 2.75) is 0 Å². The first kappa shape index (κ1) is 14.6. The number of carbonyl (C=O) groups excluding carboxylic acids is 1. The van der Waals surface area contributed by atoms with Gasteiger partial charge in [0.2, 0.25) is 5.78 Å². The average molecular weight is 307 g/mol. The van der Waals surface area contributed by atoms with Crippen LogP contribution < -0.4 is 0 Å². The van der Waals surface area contributed by atoms with Gasteiger partial charge in [0.05, 0.1) is 12.5 Å². The van der Waals surface area contributed by atoms with Gasteiger partial charge in [-0.15, -0.1) is 0 Å². The standard InChI is InChI=1S/C18H13NO4/c20-16-5-2-1-4-15(16)19-12-14-8-7-13(23-14)9-10-17(21)18-6-3-11-22-18/h1-12,20H. The van der Waals surface area contributed by atoms with Crippen molar-refractivity contribution in [2.75, 3.05) is 0 Å². The van der Waals surface area contributed by atoms with E-state index in [2.05, 4.69) is 4.99 Å². The van der Waals surface area contributed by atoms with Gasteiger partial charge >= 0.3 is 0 Å². The molecule has 0 radical (unpaired) electrons. The van der Waals surface area contributed by atoms with Crippen LogP contribution in [0.1, 0.15) is 22.1 Å². The lowest BCUT2D eigenvalue weighted by atomic mass is 10.2. The molecule has 0 aliphatic heterocycles. The van der Waals surface area contributed by atoms with E-state index in [1.165, 1.54) is 18.6 Å². The Kier molecular flexibility index (Phi) is 4.20. The minimum Gasteiger partial charge on any atom is -0.506 e. The smallest absolute Gasteiger partial charge is 0.221 e. The van der Waals surface area contributed by atoms with Crippen molar-refractivity contribution in [2.24, 2.45) is 4.99 Å². The van der Waals surface area contributed by atoms with Crippen LogP contribution in [0.4, 0.5) is 5.69 Å². The van der Waals surface area contributed by atoms with Crippen molar-refractivity contribution in [3.63, 3.8) is 0 Å². The van der Waals surface area contributed by atoms with Crippen molar-refractivity contribution < 1.29 is 18.7 Å². The number of phenolic OH excluding ortho intramolecular Hbond substituents is 1. The molecule has 0 atom stereocenters. The number of ketones is 1. The van der Waals surface area contributed by atoms with Crippen LogP contribution in [0, 0.1) is 0 Å². The Morgan fingerprint density at radius 1 is 1.04 bits per heavy atom. The molecule has 0 saturated carbocycles. The van der Waals surface area contributed by atoms with Gasteiger partial charge in [-0.05, 0) is 48.6 Å². The Morgan fingerprint density at radius 2 is 1.87 bits per heavy atom. The summed E-state index contributed by atoms with van der Waals surface area (Å²) >= 11 is 0. The molecule has 0 amide bonds. The zero-order chi connectivity index (χ0) is 16.1. The van der Waals surface area contributed by atoms with Crippen molar-refractivity contribution in [3.8, 4) is 5.75 Å². The molecule has 114 valence electrons. The number of phenols is 1. The monoisotopic (exact) mass is 307 g/mol. The van der Waals surface area contributed by atoms with E-state index in [9.17, 15) is 9.90 Å². The van der Waals surface area contributed by atoms with Gasteiger partial charge < -0.3 is 13.9 Å². The van der Waals surface area contributed by atoms with E-state index in [0.717, 1.165) is 0 Å². The lowest BCUT2D eigenvalue weighted by Gasteiger charge is -1.95. The normalized spacial score (nSPS) is 11.5. The molecule has 1 aromatic carbocycles. The fourth-order valence-corrected chi connectivity index (χ4v) is 1.89. The van der Waals surface area contributed by atoms with Crippen LogP contribution >= 0.6 is 0 Å². The molecule has 1 N–H and O–H groups in total. The van der Waals surface area contributed by atoms with Crippen LogP contribution in [0.3, 0.4) is 0 Å². The predicted octanol–water partition coefficient (Wildman–Crippen LogP) is 4.22. The second-order valence-corrected chi connectivity index (χ2v) is 4.66. The lowest BCUT2D eigenvalue weighted by molar-refractivity contribution is 0.102. The highest BCUT2D eigenvalue weighted by atomic mass is 16.3. The Morgan fingerprint density at radius 3 is 2.65 bits per heavy atom. The molecule has 0 bridgehead atoms. The molecule has 0 aliphatic carbocycles. The molecule has 3 aromatic rings. The van der Waals surface area contributed by atoms with Gasteiger partial charge in [0.1, 0.15) is 23.0 Å². The van der Waals surface area contributed by atoms with E-state index in [1.54, 1.807) is 54.6 Å². The van der Waals surface area contributed by atoms with Gasteiger partial charge in [0, 0.05) is 0 Å². The van der Waals surface area contributed by atoms with Crippen molar-refractivity contribution in [3.05, 3.63) is 78.2 Å². The van der Waals surface area contributed by atoms with Gasteiger partial charge in [0.15, 0.2) is 5.76 Å². The van der Waals surface area contributed by atoms with E-state index < -0.39 is 0 Å². The number of hydrogen-bond acceptors (Lipinski definition) is 5. The van der Waals surface area contributed by atoms with E-state index in [-0.39, 0.29) is 17.3 Å². The SMILES string of the molecule is O=C(C=Cc1ccc(C=Nc2ccccc2O)o1)c1ccco1. The summed E-state index contributed by atoms with van der Waals surface area (Å²) in [5.74, 6) is 1.16. The molecule has 2 heterocycles. The molecule has 2 aromatic heterocycles. The lowest BCUT2D eigenvalue weighted by Crippen LogP contribution is -1.89. The zero-order valence-electron chi connectivity index (χ0n) is 12.0. The number of nitrogens with zero attached hydrogens (tertiary/aromatic N) is 1. The third-order valence-electron chi connectivity index (χ3n) is 3.02. The molecule has 0 unspecified atom stereocenters. The summed E-state index contributed by atoms with van der Waals surface area (Å²) in [6.07, 6.45) is 5.88. The summed E-state index contributed by atoms with van der Waals surface area (Å²) in [7, 11) is 0. The van der Waals surface area contributed by atoms with E-state index >= 15 is 0 Å². The van der Waals surface area contributed by atoms with Crippen molar-refractivity contribution in [1.82, 2.24) is 0 Å². The molecule has 0 fully saturated rings. The largest absolute Gasteiger partial charge is 0.506 e. The molecule has 3 rings (SSSR count). The number of aliphatic imine (C=N–C) groups is 1. The molecule has 5 nitrogen and oxygen atoms in total. The predicted molar refractivity (Wildman–Crippen MR) is 86.1 cm³/mol. The van der Waals surface area contributed by atoms with Gasteiger partial charge in [-0.3, -0.25) is 4.79 Å². The first-order valence-electron chi connectivity index (χ1n) is 6.90. The maximum absolute atomic E-state index is 11.8. The van der Waals surface area contributed by atoms with Crippen LogP contribution in [-0.4, -0.2) is 17.1 Å². The van der Waals surface area contributed by atoms with Gasteiger partial charge in [-0.1, -0.05) is 12.1 Å². The second kappa shape index (κ2) is 6.62. The van der Waals surface area contributed by atoms with Crippen molar-refractivity contribution in [1.29, 1.82) is 0 Å². The number of allylic oxidation sites excluding steroid dienone is 1. The Hall–Kier alpha value is -3.34. The van der Waals surface area contributed by atoms with Gasteiger partial charge in [-0.25, -0.2) is 4.99 Å². The number of furan rings is 2. The van der Waals surface area contributed by atoms with Crippen LogP contribution in [0.5, 0.6) is 5.75 Å². The van der Waals surface area contributed by atoms with E-state index in [1.807, 2.05) is 0 Å². The Balaban J connectivity index is 1.69. The maximum atomic E-state index is 11.8. The molecular formula is C18H13NO4. The fourth-order valence-electron chi connectivity index (χ4n) is 1.89. The highest BCUT2D eigenvalue weighted by Gasteiger charge is 2.04. The third kappa shape index (κ3) is 3.65. The third-order valence-corrected chi connectivity index (χ3v) is 3.02. The molecule has 0 spiro atoms. The molecule has 5 heteroatoms. The summed E-state index contributed by atoms with van der Waals surface area (Å²) in [6.45, 7) is 0. The summed E-state index contributed by atoms with van der Waals surface area (Å²) in [5.41, 5.74) is 0.453. The summed E-state index contributed by atoms with van der Waals surface area (Å²) in [6, 6.07) is 13.4. The topological polar surface area (TPSA) is 75.9 Å². The average Bonchev–Trinajstić information content (AvgIpc) is 3.24. The number of para-hydroxylation sites is 2. The van der Waals surface area contributed by atoms with Crippen LogP contribution in [-0.2, 0) is 0 Å². The van der Waals surface area contributed by atoms with E-state index in [0.29, 0.717) is 17.2 Å². The quantitative estimate of drug-likeness (QED) is 0.435. The number of aromatic hydroxyl groups is 1. The summed E-state index contributed by atoms with van der Waals surface area (Å²) < 4.78 is 10.5. The van der Waals surface area contributed by atoms with Crippen LogP contribution in [0.15, 0.2) is 74.7 Å². The molecular weight excluding hydrogens is 294 g/mol. The first-order chi connectivity index (χ1) is 11.2. The highest BCUT2D eigenvalue weighted by Crippen LogP contribution is 2.24. The van der Waals surface area contributed by atoms with Crippen molar-refractivity contribution >= 4 is 23.8 Å². The molecule has 23 heavy (non-hydrogen) atoms. The minimum atomic E-state index is -0.240. The molecule has 0 saturated heterocycles. The minimum absolute atomic E-state index is 0.0967. The number of carbonyl (C=O) groups is 1. The zero-order valence-corrected chi connectivity index (χ0v) is 12.0. The molecule has 0 aliphatic rings. The fraction of sp³-hybridized carbons (Fsp3) is 0. The second-order valence-electron chi connectivity index (χ2n) is 4.66. The summed E-state index contributed by atoms with van der Waals surface area (Å²) in [5, 5.41) is 9.63. The number of rotatable bonds is 5. The van der Waals surface area contributed by atoms with Gasteiger partial charge in [-0.2, -0.15) is 0 Å². The Labute approximate surface area is 132 Å². The highest BCUT2D eigenvalue weighted by molar-refractivity contribution is 6.04. The van der Waals surface area contributed by atoms with Gasteiger partial charge in [0.25, 0.3) is 0 Å². The Bertz CT molecular complexity index is 857. The maximum Gasteiger partial charge on any atom is 0.221 e. The number of benzene rings is 1. The first-order valence-corrected chi connectivity index (χ1v) is 6.90. The number of hydrogen-bond donors (Lipinski definition) is 1. The van der Waals surface area contributed by atoms with Crippen LogP contribution in [0.25, 0.3) is 6.08 Å². The van der Waals surface area contributed by atoms with E-state index in [4.69, 9.17) is 8.83 Å². The van der Waals surface area contributed by atoms with Crippen LogP contribution in [0.2, 0.25) is 0 Å².